The molecule has 1 heterocycles. The van der Waals surface area contributed by atoms with Crippen LogP contribution in [0.1, 0.15) is 22.3 Å². The minimum atomic E-state index is -0.493. The van der Waals surface area contributed by atoms with Crippen molar-refractivity contribution in [2.24, 2.45) is 11.7 Å². The molecule has 0 radical (unpaired) electrons. The highest BCUT2D eigenvalue weighted by Gasteiger charge is 2.34. The smallest absolute Gasteiger partial charge is 0.248 e. The van der Waals surface area contributed by atoms with Crippen molar-refractivity contribution in [2.45, 2.75) is 13.0 Å². The van der Waals surface area contributed by atoms with Gasteiger partial charge in [-0.1, -0.05) is 23.7 Å². The lowest BCUT2D eigenvalue weighted by Crippen LogP contribution is -2.32. The number of primary amides is 1. The molecule has 1 unspecified atom stereocenters. The van der Waals surface area contributed by atoms with Crippen LogP contribution >= 0.6 is 11.6 Å². The predicted octanol–water partition coefficient (Wildman–Crippen LogP) is 2.11. The Morgan fingerprint density at radius 2 is 1.77 bits per heavy atom. The molecule has 2 aromatic rings. The van der Waals surface area contributed by atoms with Crippen molar-refractivity contribution in [1.82, 2.24) is 5.32 Å². The molecule has 1 atom stereocenters. The molecule has 1 aliphatic heterocycles. The summed E-state index contributed by atoms with van der Waals surface area (Å²) >= 11 is 5.87. The average Bonchev–Trinajstić information content (AvgIpc) is 3.02. The number of hydrogen-bond acceptors (Lipinski definition) is 3. The largest absolute Gasteiger partial charge is 0.366 e. The van der Waals surface area contributed by atoms with Crippen LogP contribution in [-0.4, -0.2) is 24.3 Å². The molecule has 0 spiro atoms. The number of carbonyl (C=O) groups is 3. The Kier molecular flexibility index (Phi) is 5.23. The highest BCUT2D eigenvalue weighted by molar-refractivity contribution is 6.30. The number of rotatable bonds is 5. The van der Waals surface area contributed by atoms with Gasteiger partial charge in [-0.2, -0.15) is 0 Å². The van der Waals surface area contributed by atoms with E-state index in [2.05, 4.69) is 5.32 Å². The lowest BCUT2D eigenvalue weighted by Gasteiger charge is -2.16. The molecule has 3 rings (SSSR count). The fourth-order valence-electron chi connectivity index (χ4n) is 2.87. The first-order chi connectivity index (χ1) is 12.4. The molecule has 1 fully saturated rings. The van der Waals surface area contributed by atoms with Gasteiger partial charge >= 0.3 is 0 Å². The highest BCUT2D eigenvalue weighted by Crippen LogP contribution is 2.26. The number of nitrogens with one attached hydrogen (secondary N) is 1. The zero-order valence-corrected chi connectivity index (χ0v) is 14.7. The number of carbonyl (C=O) groups excluding carboxylic acids is 3. The monoisotopic (exact) mass is 371 g/mol. The fraction of sp³-hybridized carbons (Fsp3) is 0.211. The van der Waals surface area contributed by atoms with E-state index in [1.165, 1.54) is 0 Å². The van der Waals surface area contributed by atoms with Gasteiger partial charge in [0.1, 0.15) is 0 Å². The Labute approximate surface area is 155 Å². The van der Waals surface area contributed by atoms with E-state index in [0.717, 1.165) is 11.3 Å². The van der Waals surface area contributed by atoms with Crippen molar-refractivity contribution in [1.29, 1.82) is 0 Å². The minimum Gasteiger partial charge on any atom is -0.366 e. The Morgan fingerprint density at radius 1 is 1.12 bits per heavy atom. The number of hydrogen-bond donors (Lipinski definition) is 2. The fourth-order valence-corrected chi connectivity index (χ4v) is 3.00. The number of amides is 3. The number of anilines is 1. The first-order valence-corrected chi connectivity index (χ1v) is 8.54. The summed E-state index contributed by atoms with van der Waals surface area (Å²) in [5.41, 5.74) is 7.20. The van der Waals surface area contributed by atoms with Crippen molar-refractivity contribution in [2.75, 3.05) is 11.4 Å². The molecule has 0 saturated carbocycles. The van der Waals surface area contributed by atoms with Crippen molar-refractivity contribution in [3.05, 3.63) is 64.7 Å². The van der Waals surface area contributed by atoms with Gasteiger partial charge in [0.25, 0.3) is 0 Å². The van der Waals surface area contributed by atoms with Crippen LogP contribution in [0.4, 0.5) is 5.69 Å². The van der Waals surface area contributed by atoms with Crippen LogP contribution in [0.25, 0.3) is 0 Å². The molecule has 1 saturated heterocycles. The number of halogens is 1. The van der Waals surface area contributed by atoms with Gasteiger partial charge < -0.3 is 16.0 Å². The summed E-state index contributed by atoms with van der Waals surface area (Å²) in [6, 6.07) is 13.7. The summed E-state index contributed by atoms with van der Waals surface area (Å²) in [5.74, 6) is -1.15. The van der Waals surface area contributed by atoms with E-state index >= 15 is 0 Å². The molecule has 0 aromatic heterocycles. The molecule has 0 bridgehead atoms. The van der Waals surface area contributed by atoms with Crippen molar-refractivity contribution < 1.29 is 14.4 Å². The maximum Gasteiger partial charge on any atom is 0.248 e. The highest BCUT2D eigenvalue weighted by atomic mass is 35.5. The van der Waals surface area contributed by atoms with E-state index < -0.39 is 11.8 Å². The third kappa shape index (κ3) is 4.03. The zero-order valence-electron chi connectivity index (χ0n) is 13.9. The Morgan fingerprint density at radius 3 is 2.38 bits per heavy atom. The summed E-state index contributed by atoms with van der Waals surface area (Å²) in [6.07, 6.45) is 0.176. The SMILES string of the molecule is NC(=O)c1ccc(CNC(=O)C2CC(=O)N(c3ccc(Cl)cc3)C2)cc1. The lowest BCUT2D eigenvalue weighted by atomic mass is 10.1. The molecule has 1 aliphatic rings. The molecule has 134 valence electrons. The van der Waals surface area contributed by atoms with Crippen molar-refractivity contribution >= 4 is 35.0 Å². The topological polar surface area (TPSA) is 92.5 Å². The summed E-state index contributed by atoms with van der Waals surface area (Å²) in [6.45, 7) is 0.663. The van der Waals surface area contributed by atoms with Crippen LogP contribution in [0, 0.1) is 5.92 Å². The quantitative estimate of drug-likeness (QED) is 0.843. The van der Waals surface area contributed by atoms with Crippen molar-refractivity contribution in [3.63, 3.8) is 0 Å². The molecular formula is C19H18ClN3O3. The molecule has 26 heavy (non-hydrogen) atoms. The first-order valence-electron chi connectivity index (χ1n) is 8.16. The third-order valence-corrected chi connectivity index (χ3v) is 4.59. The van der Waals surface area contributed by atoms with Gasteiger partial charge in [-0.05, 0) is 42.0 Å². The second kappa shape index (κ2) is 7.58. The lowest BCUT2D eigenvalue weighted by molar-refractivity contribution is -0.126. The zero-order chi connectivity index (χ0) is 18.7. The van der Waals surface area contributed by atoms with Crippen LogP contribution in [0.3, 0.4) is 0 Å². The molecule has 0 aliphatic carbocycles. The van der Waals surface area contributed by atoms with Gasteiger partial charge in [0.15, 0.2) is 0 Å². The van der Waals surface area contributed by atoms with Gasteiger partial charge in [0.2, 0.25) is 17.7 Å². The summed E-state index contributed by atoms with van der Waals surface area (Å²) in [4.78, 5) is 37.3. The number of nitrogens with zero attached hydrogens (tertiary/aromatic N) is 1. The van der Waals surface area contributed by atoms with E-state index in [1.807, 2.05) is 0 Å². The number of benzene rings is 2. The maximum absolute atomic E-state index is 12.4. The Hall–Kier alpha value is -2.86. The van der Waals surface area contributed by atoms with Crippen LogP contribution < -0.4 is 16.0 Å². The number of nitrogens with two attached hydrogens (primary N) is 1. The molecule has 7 heteroatoms. The average molecular weight is 372 g/mol. The van der Waals surface area contributed by atoms with Gasteiger partial charge in [-0.3, -0.25) is 14.4 Å². The van der Waals surface area contributed by atoms with E-state index in [9.17, 15) is 14.4 Å². The van der Waals surface area contributed by atoms with E-state index in [-0.39, 0.29) is 18.2 Å². The van der Waals surface area contributed by atoms with E-state index in [0.29, 0.717) is 23.7 Å². The Balaban J connectivity index is 1.57. The van der Waals surface area contributed by atoms with E-state index in [1.54, 1.807) is 53.4 Å². The first kappa shape index (κ1) is 17.9. The predicted molar refractivity (Wildman–Crippen MR) is 98.7 cm³/mol. The van der Waals surface area contributed by atoms with Crippen LogP contribution in [0.5, 0.6) is 0 Å². The van der Waals surface area contributed by atoms with Crippen LogP contribution in [0.2, 0.25) is 5.02 Å². The second-order valence-corrected chi connectivity index (χ2v) is 6.60. The molecular weight excluding hydrogens is 354 g/mol. The molecule has 3 amide bonds. The molecule has 3 N–H and O–H groups in total. The van der Waals surface area contributed by atoms with Gasteiger partial charge in [0.05, 0.1) is 5.92 Å². The van der Waals surface area contributed by atoms with Crippen LogP contribution in [0.15, 0.2) is 48.5 Å². The third-order valence-electron chi connectivity index (χ3n) is 4.34. The summed E-state index contributed by atoms with van der Waals surface area (Å²) < 4.78 is 0. The van der Waals surface area contributed by atoms with Crippen LogP contribution in [-0.2, 0) is 16.1 Å². The molecule has 2 aromatic carbocycles. The normalized spacial score (nSPS) is 16.6. The second-order valence-electron chi connectivity index (χ2n) is 6.16. The van der Waals surface area contributed by atoms with Gasteiger partial charge in [-0.25, -0.2) is 0 Å². The van der Waals surface area contributed by atoms with Gasteiger partial charge in [-0.15, -0.1) is 0 Å². The summed E-state index contributed by atoms with van der Waals surface area (Å²) in [7, 11) is 0. The standard InChI is InChI=1S/C19H18ClN3O3/c20-15-5-7-16(8-6-15)23-11-14(9-17(23)24)19(26)22-10-12-1-3-13(4-2-12)18(21)25/h1-8,14H,9-11H2,(H2,21,25)(H,22,26). The summed E-state index contributed by atoms with van der Waals surface area (Å²) in [5, 5.41) is 3.43. The van der Waals surface area contributed by atoms with E-state index in [4.69, 9.17) is 17.3 Å². The van der Waals surface area contributed by atoms with Gasteiger partial charge in [0, 0.05) is 35.8 Å². The minimum absolute atomic E-state index is 0.0849. The van der Waals surface area contributed by atoms with Crippen molar-refractivity contribution in [3.8, 4) is 0 Å². The maximum atomic E-state index is 12.4. The molecule has 6 nitrogen and oxygen atoms in total. The Bertz CT molecular complexity index is 834.